The van der Waals surface area contributed by atoms with E-state index < -0.39 is 6.17 Å². The smallest absolute Gasteiger partial charge is 0.243 e. The van der Waals surface area contributed by atoms with E-state index in [1.807, 2.05) is 31.2 Å². The largest absolute Gasteiger partial charge is 0.338 e. The van der Waals surface area contributed by atoms with E-state index in [0.29, 0.717) is 18.1 Å². The van der Waals surface area contributed by atoms with E-state index in [9.17, 15) is 9.18 Å². The molecule has 0 radical (unpaired) electrons. The molecule has 0 aliphatic carbocycles. The first-order valence-electron chi connectivity index (χ1n) is 7.16. The number of halogens is 2. The lowest BCUT2D eigenvalue weighted by Gasteiger charge is -2.03. The molecule has 8 heteroatoms. The Morgan fingerprint density at radius 2 is 2.17 bits per heavy atom. The average Bonchev–Trinajstić information content (AvgIpc) is 3.10. The van der Waals surface area contributed by atoms with E-state index >= 15 is 0 Å². The van der Waals surface area contributed by atoms with E-state index in [0.717, 1.165) is 11.3 Å². The number of hydrogen-bond acceptors (Lipinski definition) is 5. The second-order valence-electron chi connectivity index (χ2n) is 5.43. The Kier molecular flexibility index (Phi) is 5.68. The molecule has 0 saturated carbocycles. The summed E-state index contributed by atoms with van der Waals surface area (Å²) in [5, 5.41) is 9.50. The van der Waals surface area contributed by atoms with Crippen molar-refractivity contribution in [3.05, 3.63) is 41.5 Å². The highest BCUT2D eigenvalue weighted by Gasteiger charge is 2.29. The third kappa shape index (κ3) is 4.49. The molecule has 1 aliphatic rings. The summed E-state index contributed by atoms with van der Waals surface area (Å²) in [6, 6.07) is 7.23. The number of nitrogens with zero attached hydrogens (tertiary/aromatic N) is 2. The van der Waals surface area contributed by atoms with Crippen LogP contribution < -0.4 is 10.6 Å². The summed E-state index contributed by atoms with van der Waals surface area (Å²) in [6.07, 6.45) is -0.564. The van der Waals surface area contributed by atoms with Crippen LogP contribution in [0.25, 0.3) is 0 Å². The van der Waals surface area contributed by atoms with Gasteiger partial charge in [-0.25, -0.2) is 4.39 Å². The lowest BCUT2D eigenvalue weighted by molar-refractivity contribution is -0.115. The Morgan fingerprint density at radius 3 is 2.83 bits per heavy atom. The molecule has 0 bridgehead atoms. The van der Waals surface area contributed by atoms with Gasteiger partial charge in [0.05, 0.1) is 12.5 Å². The summed E-state index contributed by atoms with van der Waals surface area (Å²) < 4.78 is 18.2. The van der Waals surface area contributed by atoms with Crippen LogP contribution in [0.2, 0.25) is 0 Å². The standard InChI is InChI=1S/C15H17FN4O2.ClH/c1-9-2-4-11(5-3-9)18-14(21)7-13-19-15(22-20-13)12-6-10(16)8-17-12;/h2-5,10,12,17H,6-8H2,1H3,(H,18,21);1H/t10-,12+;/m0./s1. The van der Waals surface area contributed by atoms with Crippen molar-refractivity contribution in [3.8, 4) is 0 Å². The van der Waals surface area contributed by atoms with Gasteiger partial charge in [0.2, 0.25) is 11.8 Å². The SMILES string of the molecule is Cc1ccc(NC(=O)Cc2noc([C@H]3C[C@H](F)CN3)n2)cc1.Cl. The number of hydrogen-bond donors (Lipinski definition) is 2. The molecule has 1 amide bonds. The molecule has 124 valence electrons. The van der Waals surface area contributed by atoms with Crippen LogP contribution in [0.4, 0.5) is 10.1 Å². The van der Waals surface area contributed by atoms with Crippen molar-refractivity contribution < 1.29 is 13.7 Å². The molecular weight excluding hydrogens is 323 g/mol. The predicted molar refractivity (Wildman–Crippen MR) is 85.3 cm³/mol. The summed E-state index contributed by atoms with van der Waals surface area (Å²) in [7, 11) is 0. The molecule has 2 heterocycles. The fourth-order valence-electron chi connectivity index (χ4n) is 2.35. The lowest BCUT2D eigenvalue weighted by Crippen LogP contribution is -2.16. The third-order valence-corrected chi connectivity index (χ3v) is 3.51. The third-order valence-electron chi connectivity index (χ3n) is 3.51. The van der Waals surface area contributed by atoms with Crippen molar-refractivity contribution in [2.75, 3.05) is 11.9 Å². The number of carbonyl (C=O) groups excluding carboxylic acids is 1. The minimum Gasteiger partial charge on any atom is -0.338 e. The highest BCUT2D eigenvalue weighted by molar-refractivity contribution is 5.91. The van der Waals surface area contributed by atoms with Crippen LogP contribution in [0.1, 0.15) is 29.7 Å². The van der Waals surface area contributed by atoms with Crippen LogP contribution >= 0.6 is 12.4 Å². The van der Waals surface area contributed by atoms with Gasteiger partial charge in [-0.1, -0.05) is 22.9 Å². The zero-order valence-corrected chi connectivity index (χ0v) is 13.4. The van der Waals surface area contributed by atoms with Gasteiger partial charge in [0.1, 0.15) is 6.17 Å². The van der Waals surface area contributed by atoms with E-state index in [1.165, 1.54) is 0 Å². The Hall–Kier alpha value is -1.99. The van der Waals surface area contributed by atoms with Gasteiger partial charge in [-0.2, -0.15) is 4.98 Å². The number of nitrogens with one attached hydrogen (secondary N) is 2. The van der Waals surface area contributed by atoms with Crippen LogP contribution in [0.3, 0.4) is 0 Å². The predicted octanol–water partition coefficient (Wildman–Crippen LogP) is 2.35. The number of benzene rings is 1. The second-order valence-corrected chi connectivity index (χ2v) is 5.43. The molecule has 2 N–H and O–H groups in total. The topological polar surface area (TPSA) is 80.0 Å². The number of rotatable bonds is 4. The maximum atomic E-state index is 13.1. The van der Waals surface area contributed by atoms with Crippen molar-refractivity contribution >= 4 is 24.0 Å². The highest BCUT2D eigenvalue weighted by Crippen LogP contribution is 2.23. The number of aryl methyl sites for hydroxylation is 1. The molecule has 1 saturated heterocycles. The van der Waals surface area contributed by atoms with E-state index in [2.05, 4.69) is 20.8 Å². The molecule has 2 atom stereocenters. The molecule has 0 unspecified atom stereocenters. The molecule has 1 aliphatic heterocycles. The molecular formula is C15H18ClFN4O2. The second kappa shape index (κ2) is 7.52. The van der Waals surface area contributed by atoms with Gasteiger partial charge >= 0.3 is 0 Å². The van der Waals surface area contributed by atoms with Crippen LogP contribution in [-0.2, 0) is 11.2 Å². The minimum atomic E-state index is -0.898. The lowest BCUT2D eigenvalue weighted by atomic mass is 10.2. The summed E-state index contributed by atoms with van der Waals surface area (Å²) >= 11 is 0. The summed E-state index contributed by atoms with van der Waals surface area (Å²) in [5.41, 5.74) is 1.84. The van der Waals surface area contributed by atoms with E-state index in [1.54, 1.807) is 0 Å². The van der Waals surface area contributed by atoms with Gasteiger partial charge in [0.25, 0.3) is 0 Å². The van der Waals surface area contributed by atoms with Crippen molar-refractivity contribution in [2.45, 2.75) is 32.0 Å². The number of carbonyl (C=O) groups is 1. The van der Waals surface area contributed by atoms with E-state index in [-0.39, 0.29) is 37.3 Å². The van der Waals surface area contributed by atoms with Crippen molar-refractivity contribution in [3.63, 3.8) is 0 Å². The molecule has 1 aromatic heterocycles. The molecule has 1 aromatic carbocycles. The summed E-state index contributed by atoms with van der Waals surface area (Å²) in [6.45, 7) is 2.27. The molecule has 1 fully saturated rings. The van der Waals surface area contributed by atoms with Crippen LogP contribution in [0.15, 0.2) is 28.8 Å². The Labute approximate surface area is 139 Å². The van der Waals surface area contributed by atoms with Gasteiger partial charge in [-0.15, -0.1) is 12.4 Å². The average molecular weight is 341 g/mol. The molecule has 3 rings (SSSR count). The van der Waals surface area contributed by atoms with Gasteiger partial charge in [-0.05, 0) is 19.1 Å². The summed E-state index contributed by atoms with van der Waals surface area (Å²) in [5.74, 6) is 0.404. The molecule has 2 aromatic rings. The van der Waals surface area contributed by atoms with Crippen molar-refractivity contribution in [2.24, 2.45) is 0 Å². The Morgan fingerprint density at radius 1 is 1.43 bits per heavy atom. The maximum Gasteiger partial charge on any atom is 0.243 e. The number of alkyl halides is 1. The fraction of sp³-hybridized carbons (Fsp3) is 0.400. The monoisotopic (exact) mass is 340 g/mol. The van der Waals surface area contributed by atoms with Gasteiger partial charge in [-0.3, -0.25) is 4.79 Å². The number of anilines is 1. The molecule has 6 nitrogen and oxygen atoms in total. The minimum absolute atomic E-state index is 0. The van der Waals surface area contributed by atoms with Gasteiger partial charge < -0.3 is 15.2 Å². The summed E-state index contributed by atoms with van der Waals surface area (Å²) in [4.78, 5) is 16.1. The number of aromatic nitrogens is 2. The first kappa shape index (κ1) is 17.4. The molecule has 0 spiro atoms. The Balaban J connectivity index is 0.00000192. The van der Waals surface area contributed by atoms with E-state index in [4.69, 9.17) is 4.52 Å². The first-order chi connectivity index (χ1) is 10.6. The van der Waals surface area contributed by atoms with Crippen LogP contribution in [0, 0.1) is 6.92 Å². The van der Waals surface area contributed by atoms with Crippen molar-refractivity contribution in [1.82, 2.24) is 15.5 Å². The van der Waals surface area contributed by atoms with Crippen molar-refractivity contribution in [1.29, 1.82) is 0 Å². The zero-order valence-electron chi connectivity index (χ0n) is 12.6. The van der Waals surface area contributed by atoms with Crippen LogP contribution in [-0.4, -0.2) is 28.8 Å². The molecule has 23 heavy (non-hydrogen) atoms. The van der Waals surface area contributed by atoms with Crippen LogP contribution in [0.5, 0.6) is 0 Å². The highest BCUT2D eigenvalue weighted by atomic mass is 35.5. The fourth-order valence-corrected chi connectivity index (χ4v) is 2.35. The zero-order chi connectivity index (χ0) is 15.5. The normalized spacial score (nSPS) is 20.1. The first-order valence-corrected chi connectivity index (χ1v) is 7.16. The maximum absolute atomic E-state index is 13.1. The Bertz CT molecular complexity index is 662. The van der Waals surface area contributed by atoms with Gasteiger partial charge in [0, 0.05) is 18.7 Å². The number of amides is 1. The van der Waals surface area contributed by atoms with Gasteiger partial charge in [0.15, 0.2) is 5.82 Å². The quantitative estimate of drug-likeness (QED) is 0.893.